The quantitative estimate of drug-likeness (QED) is 0.564. The van der Waals surface area contributed by atoms with E-state index < -0.39 is 0 Å². The molecule has 0 aromatic carbocycles. The minimum atomic E-state index is 0.0553. The first-order valence-electron chi connectivity index (χ1n) is 5.72. The summed E-state index contributed by atoms with van der Waals surface area (Å²) >= 11 is 3.36. The highest BCUT2D eigenvalue weighted by Gasteiger charge is 2.01. The predicted molar refractivity (Wildman–Crippen MR) is 70.1 cm³/mol. The summed E-state index contributed by atoms with van der Waals surface area (Å²) in [7, 11) is 0. The first-order valence-corrected chi connectivity index (χ1v) is 6.51. The van der Waals surface area contributed by atoms with E-state index >= 15 is 0 Å². The Morgan fingerprint density at radius 1 is 1.41 bits per heavy atom. The van der Waals surface area contributed by atoms with E-state index in [4.69, 9.17) is 9.84 Å². The summed E-state index contributed by atoms with van der Waals surface area (Å²) in [6, 6.07) is 1.84. The molecule has 17 heavy (non-hydrogen) atoms. The second-order valence-electron chi connectivity index (χ2n) is 3.50. The molecule has 96 valence electrons. The number of hydrogen-bond donors (Lipinski definition) is 2. The number of nitrogens with one attached hydrogen (secondary N) is 1. The molecule has 1 aromatic heterocycles. The maximum Gasteiger partial charge on any atom is 0.132 e. The van der Waals surface area contributed by atoms with Gasteiger partial charge in [0.15, 0.2) is 0 Å². The van der Waals surface area contributed by atoms with Crippen LogP contribution in [0, 0.1) is 0 Å². The van der Waals surface area contributed by atoms with Crippen molar-refractivity contribution in [3.05, 3.63) is 16.5 Å². The van der Waals surface area contributed by atoms with Crippen LogP contribution >= 0.6 is 15.9 Å². The number of hydrogen-bond acceptors (Lipinski definition) is 5. The molecule has 0 fully saturated rings. The topological polar surface area (TPSA) is 67.3 Å². The molecule has 0 radical (unpaired) electrons. The molecule has 5 nitrogen and oxygen atoms in total. The van der Waals surface area contributed by atoms with Gasteiger partial charge in [0.25, 0.3) is 0 Å². The molecule has 1 aromatic rings. The molecule has 0 saturated carbocycles. The number of halogens is 1. The highest BCUT2D eigenvalue weighted by Crippen LogP contribution is 2.12. The first kappa shape index (κ1) is 14.3. The minimum Gasteiger partial charge on any atom is -0.394 e. The van der Waals surface area contributed by atoms with Crippen LogP contribution in [0.15, 0.2) is 10.7 Å². The van der Waals surface area contributed by atoms with E-state index in [0.29, 0.717) is 19.8 Å². The highest BCUT2D eigenvalue weighted by molar-refractivity contribution is 9.10. The van der Waals surface area contributed by atoms with Crippen molar-refractivity contribution in [2.75, 3.05) is 31.7 Å². The highest BCUT2D eigenvalue weighted by atomic mass is 79.9. The second-order valence-corrected chi connectivity index (χ2v) is 4.32. The van der Waals surface area contributed by atoms with Gasteiger partial charge in [0.1, 0.15) is 16.2 Å². The summed E-state index contributed by atoms with van der Waals surface area (Å²) in [6.45, 7) is 3.73. The lowest BCUT2D eigenvalue weighted by molar-refractivity contribution is 0.0992. The Balaban J connectivity index is 2.41. The summed E-state index contributed by atoms with van der Waals surface area (Å²) in [5.41, 5.74) is 0. The molecular formula is C11H18BrN3O2. The van der Waals surface area contributed by atoms with E-state index in [1.165, 1.54) is 0 Å². The van der Waals surface area contributed by atoms with Crippen LogP contribution in [0.1, 0.15) is 19.2 Å². The SMILES string of the molecule is CCCc1nc(Br)cc(NCCOCCO)n1. The Labute approximate surface area is 110 Å². The summed E-state index contributed by atoms with van der Waals surface area (Å²) in [5, 5.41) is 11.7. The number of rotatable bonds is 8. The monoisotopic (exact) mass is 303 g/mol. The van der Waals surface area contributed by atoms with Crippen molar-refractivity contribution in [2.45, 2.75) is 19.8 Å². The molecular weight excluding hydrogens is 286 g/mol. The van der Waals surface area contributed by atoms with Crippen LogP contribution in [0.4, 0.5) is 5.82 Å². The zero-order valence-corrected chi connectivity index (χ0v) is 11.5. The van der Waals surface area contributed by atoms with Gasteiger partial charge in [-0.05, 0) is 22.4 Å². The summed E-state index contributed by atoms with van der Waals surface area (Å²) in [5.74, 6) is 1.63. The van der Waals surface area contributed by atoms with Crippen molar-refractivity contribution in [2.24, 2.45) is 0 Å². The van der Waals surface area contributed by atoms with Gasteiger partial charge in [-0.2, -0.15) is 0 Å². The zero-order valence-electron chi connectivity index (χ0n) is 9.95. The number of aliphatic hydroxyl groups is 1. The number of aryl methyl sites for hydroxylation is 1. The standard InChI is InChI=1S/C11H18BrN3O2/c1-2-3-10-14-9(12)8-11(15-10)13-4-6-17-7-5-16/h8,16H,2-7H2,1H3,(H,13,14,15). The molecule has 0 amide bonds. The third-order valence-corrected chi connectivity index (χ3v) is 2.41. The molecule has 0 saturated heterocycles. The van der Waals surface area contributed by atoms with Gasteiger partial charge in [-0.15, -0.1) is 0 Å². The van der Waals surface area contributed by atoms with E-state index in [2.05, 4.69) is 38.1 Å². The fourth-order valence-corrected chi connectivity index (χ4v) is 1.73. The molecule has 6 heteroatoms. The van der Waals surface area contributed by atoms with Crippen molar-refractivity contribution in [1.29, 1.82) is 0 Å². The van der Waals surface area contributed by atoms with Gasteiger partial charge in [0, 0.05) is 19.0 Å². The Kier molecular flexibility index (Phi) is 7.07. The number of aliphatic hydroxyl groups excluding tert-OH is 1. The molecule has 0 bridgehead atoms. The molecule has 0 aliphatic heterocycles. The zero-order chi connectivity index (χ0) is 12.5. The van der Waals surface area contributed by atoms with Crippen LogP contribution in [0.3, 0.4) is 0 Å². The van der Waals surface area contributed by atoms with Crippen LogP contribution in [0.25, 0.3) is 0 Å². The molecule has 1 heterocycles. The van der Waals surface area contributed by atoms with Crippen LogP contribution in [-0.4, -0.2) is 41.4 Å². The van der Waals surface area contributed by atoms with Crippen molar-refractivity contribution < 1.29 is 9.84 Å². The number of nitrogens with zero attached hydrogens (tertiary/aromatic N) is 2. The third-order valence-electron chi connectivity index (χ3n) is 2.00. The molecule has 2 N–H and O–H groups in total. The van der Waals surface area contributed by atoms with Crippen molar-refractivity contribution >= 4 is 21.7 Å². The van der Waals surface area contributed by atoms with Gasteiger partial charge in [-0.1, -0.05) is 6.92 Å². The normalized spacial score (nSPS) is 10.5. The Bertz CT molecular complexity index is 336. The predicted octanol–water partition coefficient (Wildman–Crippen LogP) is 1.61. The van der Waals surface area contributed by atoms with Gasteiger partial charge in [0.2, 0.25) is 0 Å². The number of anilines is 1. The Morgan fingerprint density at radius 3 is 2.94 bits per heavy atom. The van der Waals surface area contributed by atoms with Gasteiger partial charge >= 0.3 is 0 Å². The average molecular weight is 304 g/mol. The molecule has 0 spiro atoms. The van der Waals surface area contributed by atoms with E-state index in [9.17, 15) is 0 Å². The maximum atomic E-state index is 8.54. The lowest BCUT2D eigenvalue weighted by Crippen LogP contribution is -2.13. The van der Waals surface area contributed by atoms with E-state index in [0.717, 1.165) is 29.1 Å². The smallest absolute Gasteiger partial charge is 0.132 e. The van der Waals surface area contributed by atoms with Gasteiger partial charge < -0.3 is 15.2 Å². The van der Waals surface area contributed by atoms with E-state index in [1.54, 1.807) is 0 Å². The largest absolute Gasteiger partial charge is 0.394 e. The number of aromatic nitrogens is 2. The minimum absolute atomic E-state index is 0.0553. The van der Waals surface area contributed by atoms with Gasteiger partial charge in [-0.3, -0.25) is 0 Å². The number of ether oxygens (including phenoxy) is 1. The fraction of sp³-hybridized carbons (Fsp3) is 0.636. The van der Waals surface area contributed by atoms with Crippen molar-refractivity contribution in [3.63, 3.8) is 0 Å². The molecule has 0 unspecified atom stereocenters. The molecule has 0 atom stereocenters. The molecule has 0 aliphatic rings. The third kappa shape index (κ3) is 5.95. The van der Waals surface area contributed by atoms with Crippen LogP contribution < -0.4 is 5.32 Å². The lowest BCUT2D eigenvalue weighted by atomic mass is 10.3. The van der Waals surface area contributed by atoms with E-state index in [1.807, 2.05) is 6.07 Å². The van der Waals surface area contributed by atoms with Crippen LogP contribution in [-0.2, 0) is 11.2 Å². The van der Waals surface area contributed by atoms with Crippen LogP contribution in [0.5, 0.6) is 0 Å². The Morgan fingerprint density at radius 2 is 2.24 bits per heavy atom. The van der Waals surface area contributed by atoms with Gasteiger partial charge in [0.05, 0.1) is 19.8 Å². The summed E-state index contributed by atoms with van der Waals surface area (Å²) in [6.07, 6.45) is 1.89. The summed E-state index contributed by atoms with van der Waals surface area (Å²) in [4.78, 5) is 8.67. The maximum absolute atomic E-state index is 8.54. The lowest BCUT2D eigenvalue weighted by Gasteiger charge is -2.07. The summed E-state index contributed by atoms with van der Waals surface area (Å²) < 4.78 is 5.93. The average Bonchev–Trinajstić information content (AvgIpc) is 2.28. The van der Waals surface area contributed by atoms with Crippen molar-refractivity contribution in [1.82, 2.24) is 9.97 Å². The Hall–Kier alpha value is -0.720. The fourth-order valence-electron chi connectivity index (χ4n) is 1.31. The van der Waals surface area contributed by atoms with Gasteiger partial charge in [-0.25, -0.2) is 9.97 Å². The van der Waals surface area contributed by atoms with E-state index in [-0.39, 0.29) is 6.61 Å². The van der Waals surface area contributed by atoms with Crippen LogP contribution in [0.2, 0.25) is 0 Å². The first-order chi connectivity index (χ1) is 8.26. The second kappa shape index (κ2) is 8.38. The van der Waals surface area contributed by atoms with Crippen molar-refractivity contribution in [3.8, 4) is 0 Å². The molecule has 1 rings (SSSR count). The molecule has 0 aliphatic carbocycles.